The zero-order valence-electron chi connectivity index (χ0n) is 24.8. The van der Waals surface area contributed by atoms with E-state index in [-0.39, 0.29) is 41.8 Å². The molecule has 0 spiro atoms. The van der Waals surface area contributed by atoms with Crippen LogP contribution in [0, 0.1) is 17.3 Å². The molecule has 7 nitrogen and oxygen atoms in total. The molecule has 0 radical (unpaired) electrons. The summed E-state index contributed by atoms with van der Waals surface area (Å²) in [4.78, 5) is 31.7. The zero-order chi connectivity index (χ0) is 29.2. The lowest BCUT2D eigenvalue weighted by molar-refractivity contribution is -0.144. The molecule has 7 atom stereocenters. The summed E-state index contributed by atoms with van der Waals surface area (Å²) in [5.74, 6) is -1.30. The van der Waals surface area contributed by atoms with Crippen LogP contribution in [0.1, 0.15) is 91.7 Å². The zero-order valence-corrected chi connectivity index (χ0v) is 24.8. The Bertz CT molecular complexity index is 1250. The topological polar surface area (TPSA) is 112 Å². The van der Waals surface area contributed by atoms with E-state index in [1.165, 1.54) is 0 Å². The highest BCUT2D eigenvalue weighted by Gasteiger charge is 2.52. The lowest BCUT2D eigenvalue weighted by atomic mass is 9.71. The molecule has 3 heterocycles. The molecule has 2 aliphatic heterocycles. The van der Waals surface area contributed by atoms with Crippen molar-refractivity contribution in [2.45, 2.75) is 110 Å². The van der Waals surface area contributed by atoms with Gasteiger partial charge in [-0.1, -0.05) is 57.0 Å². The van der Waals surface area contributed by atoms with Crippen LogP contribution in [-0.2, 0) is 14.3 Å². The number of carbonyl (C=O) groups is 2. The number of aliphatic hydroxyl groups is 2. The maximum absolute atomic E-state index is 13.9. The Morgan fingerprint density at radius 1 is 1.18 bits per heavy atom. The molecule has 1 aromatic heterocycles. The highest BCUT2D eigenvalue weighted by molar-refractivity contribution is 5.89. The molecule has 2 aromatic rings. The summed E-state index contributed by atoms with van der Waals surface area (Å²) in [6.45, 7) is 11.4. The van der Waals surface area contributed by atoms with Crippen LogP contribution in [0.4, 0.5) is 0 Å². The third kappa shape index (κ3) is 6.81. The van der Waals surface area contributed by atoms with Crippen LogP contribution in [0.3, 0.4) is 0 Å². The number of epoxide rings is 1. The number of hydrogen-bond donors (Lipinski definition) is 3. The first-order valence-corrected chi connectivity index (χ1v) is 14.7. The van der Waals surface area contributed by atoms with Gasteiger partial charge in [0.15, 0.2) is 0 Å². The number of rotatable bonds is 3. The molecule has 1 aromatic carbocycles. The van der Waals surface area contributed by atoms with Gasteiger partial charge in [0.2, 0.25) is 5.91 Å². The fraction of sp³-hybridized carbons (Fsp3) is 0.606. The number of ketones is 1. The van der Waals surface area contributed by atoms with Crippen molar-refractivity contribution in [3.05, 3.63) is 53.7 Å². The normalized spacial score (nSPS) is 33.6. The number of aromatic nitrogens is 1. The third-order valence-corrected chi connectivity index (χ3v) is 9.14. The molecule has 0 bridgehead atoms. The van der Waals surface area contributed by atoms with Crippen LogP contribution in [0.2, 0.25) is 0 Å². The molecule has 7 heteroatoms. The van der Waals surface area contributed by atoms with Crippen LogP contribution >= 0.6 is 0 Å². The first-order valence-electron chi connectivity index (χ1n) is 14.7. The highest BCUT2D eigenvalue weighted by Crippen LogP contribution is 2.46. The molecule has 1 amide bonds. The summed E-state index contributed by atoms with van der Waals surface area (Å²) in [5, 5.41) is 26.7. The molecule has 0 aliphatic carbocycles. The molecule has 7 unspecified atom stereocenters. The van der Waals surface area contributed by atoms with Gasteiger partial charge in [-0.25, -0.2) is 0 Å². The van der Waals surface area contributed by atoms with Crippen molar-refractivity contribution >= 4 is 22.6 Å². The van der Waals surface area contributed by atoms with Crippen molar-refractivity contribution in [2.75, 3.05) is 0 Å². The minimum absolute atomic E-state index is 0.0151. The van der Waals surface area contributed by atoms with E-state index in [1.807, 2.05) is 57.2 Å². The number of aliphatic hydroxyl groups excluding tert-OH is 2. The molecule has 40 heavy (non-hydrogen) atoms. The lowest BCUT2D eigenvalue weighted by Gasteiger charge is -2.36. The van der Waals surface area contributed by atoms with Gasteiger partial charge in [-0.15, -0.1) is 0 Å². The fourth-order valence-electron chi connectivity index (χ4n) is 6.03. The smallest absolute Gasteiger partial charge is 0.223 e. The lowest BCUT2D eigenvalue weighted by Crippen LogP contribution is -2.47. The van der Waals surface area contributed by atoms with Crippen molar-refractivity contribution in [1.29, 1.82) is 0 Å². The van der Waals surface area contributed by atoms with Gasteiger partial charge in [0.05, 0.1) is 47.3 Å². The number of carbonyl (C=O) groups excluding carboxylic acids is 2. The molecular formula is C33H46N2O5. The number of amides is 1. The van der Waals surface area contributed by atoms with Crippen LogP contribution < -0.4 is 5.32 Å². The Balaban J connectivity index is 1.63. The number of allylic oxidation sites excluding steroid dienone is 2. The van der Waals surface area contributed by atoms with Crippen LogP contribution in [0.15, 0.2) is 48.2 Å². The SMILES string of the molecule is CC(C)=CCC1C(=O)C(C)(C)C(O)CC(=O)NC(c2ccc3cccnc3c2)CC2OC2(C)CCCC(C)C1O. The maximum Gasteiger partial charge on any atom is 0.223 e. The molecule has 2 aliphatic rings. The molecular weight excluding hydrogens is 504 g/mol. The maximum atomic E-state index is 13.9. The first-order chi connectivity index (χ1) is 18.8. The predicted octanol–water partition coefficient (Wildman–Crippen LogP) is 5.44. The number of nitrogens with one attached hydrogen (secondary N) is 1. The average Bonchev–Trinajstić information content (AvgIpc) is 3.55. The van der Waals surface area contributed by atoms with E-state index in [1.54, 1.807) is 20.0 Å². The number of Topliss-reactive ketones (excluding diaryl/α,β-unsaturated/α-hetero) is 1. The van der Waals surface area contributed by atoms with Crippen LogP contribution in [-0.4, -0.2) is 50.8 Å². The summed E-state index contributed by atoms with van der Waals surface area (Å²) in [5.41, 5.74) is 1.34. The van der Waals surface area contributed by atoms with Gasteiger partial charge >= 0.3 is 0 Å². The van der Waals surface area contributed by atoms with Gasteiger partial charge in [-0.05, 0) is 63.6 Å². The Labute approximate surface area is 238 Å². The van der Waals surface area contributed by atoms with Crippen molar-refractivity contribution in [3.63, 3.8) is 0 Å². The Morgan fingerprint density at radius 2 is 1.93 bits per heavy atom. The quantitative estimate of drug-likeness (QED) is 0.347. The van der Waals surface area contributed by atoms with E-state index >= 15 is 0 Å². The van der Waals surface area contributed by atoms with E-state index in [0.717, 1.165) is 41.3 Å². The van der Waals surface area contributed by atoms with E-state index in [2.05, 4.69) is 17.2 Å². The molecule has 2 fully saturated rings. The van der Waals surface area contributed by atoms with Crippen LogP contribution in [0.25, 0.3) is 10.9 Å². The van der Waals surface area contributed by atoms with Crippen molar-refractivity contribution < 1.29 is 24.5 Å². The van der Waals surface area contributed by atoms with Gasteiger partial charge in [0, 0.05) is 23.9 Å². The van der Waals surface area contributed by atoms with Gasteiger partial charge in [0.25, 0.3) is 0 Å². The number of benzene rings is 1. The number of pyridine rings is 1. The third-order valence-electron chi connectivity index (χ3n) is 9.14. The summed E-state index contributed by atoms with van der Waals surface area (Å²) in [6.07, 6.45) is 4.91. The van der Waals surface area contributed by atoms with Gasteiger partial charge in [0.1, 0.15) is 5.78 Å². The minimum Gasteiger partial charge on any atom is -0.392 e. The summed E-state index contributed by atoms with van der Waals surface area (Å²) < 4.78 is 6.18. The van der Waals surface area contributed by atoms with E-state index < -0.39 is 23.5 Å². The van der Waals surface area contributed by atoms with Crippen molar-refractivity contribution in [1.82, 2.24) is 10.3 Å². The summed E-state index contributed by atoms with van der Waals surface area (Å²) >= 11 is 0. The van der Waals surface area contributed by atoms with E-state index in [4.69, 9.17) is 4.74 Å². The summed E-state index contributed by atoms with van der Waals surface area (Å²) in [7, 11) is 0. The monoisotopic (exact) mass is 550 g/mol. The minimum atomic E-state index is -1.21. The van der Waals surface area contributed by atoms with Gasteiger partial charge in [-0.2, -0.15) is 0 Å². The fourth-order valence-corrected chi connectivity index (χ4v) is 6.03. The highest BCUT2D eigenvalue weighted by atomic mass is 16.6. The number of hydrogen-bond acceptors (Lipinski definition) is 6. The second kappa shape index (κ2) is 12.1. The molecule has 218 valence electrons. The van der Waals surface area contributed by atoms with Crippen molar-refractivity contribution in [3.8, 4) is 0 Å². The van der Waals surface area contributed by atoms with Crippen molar-refractivity contribution in [2.24, 2.45) is 17.3 Å². The molecule has 4 rings (SSSR count). The summed E-state index contributed by atoms with van der Waals surface area (Å²) in [6, 6.07) is 9.59. The second-order valence-electron chi connectivity index (χ2n) is 13.0. The van der Waals surface area contributed by atoms with Gasteiger partial charge < -0.3 is 20.3 Å². The predicted molar refractivity (Wildman–Crippen MR) is 156 cm³/mol. The molecule has 0 saturated carbocycles. The standard InChI is InChI=1S/C33H46N2O5/c1-20(2)11-14-24-30(38)21(3)9-7-15-33(6)28(40-33)18-26(23-13-12-22-10-8-16-34-25(22)17-23)35-29(37)19-27(36)32(4,5)31(24)39/h8,10-13,16-17,21,24,26-28,30,36,38H,7,9,14-15,18-19H2,1-6H3,(H,35,37). The van der Waals surface area contributed by atoms with Crippen LogP contribution in [0.5, 0.6) is 0 Å². The Hall–Kier alpha value is -2.61. The number of nitrogens with zero attached hydrogens (tertiary/aromatic N) is 1. The Morgan fingerprint density at radius 3 is 2.65 bits per heavy atom. The molecule has 3 N–H and O–H groups in total. The van der Waals surface area contributed by atoms with Gasteiger partial charge in [-0.3, -0.25) is 14.6 Å². The number of ether oxygens (including phenoxy) is 1. The average molecular weight is 551 g/mol. The Kier molecular flexibility index (Phi) is 9.18. The molecule has 2 saturated heterocycles. The largest absolute Gasteiger partial charge is 0.392 e. The number of fused-ring (bicyclic) bond motifs is 2. The van der Waals surface area contributed by atoms with E-state index in [9.17, 15) is 19.8 Å². The first kappa shape index (κ1) is 30.4. The second-order valence-corrected chi connectivity index (χ2v) is 13.0. The van der Waals surface area contributed by atoms with E-state index in [0.29, 0.717) is 12.8 Å².